The summed E-state index contributed by atoms with van der Waals surface area (Å²) in [5.74, 6) is 0.405. The normalized spacial score (nSPS) is 13.2. The van der Waals surface area contributed by atoms with Gasteiger partial charge >= 0.3 is 6.03 Å². The second kappa shape index (κ2) is 7.23. The van der Waals surface area contributed by atoms with Crippen LogP contribution in [0.2, 0.25) is 0 Å². The van der Waals surface area contributed by atoms with Crippen LogP contribution in [0, 0.1) is 0 Å². The van der Waals surface area contributed by atoms with Crippen molar-refractivity contribution in [2.24, 2.45) is 0 Å². The first-order chi connectivity index (χ1) is 12.0. The molecule has 0 spiro atoms. The van der Waals surface area contributed by atoms with Gasteiger partial charge in [-0.15, -0.1) is 0 Å². The molecule has 0 aliphatic heterocycles. The summed E-state index contributed by atoms with van der Waals surface area (Å²) in [5.41, 5.74) is 0.656. The molecule has 1 unspecified atom stereocenters. The Balaban J connectivity index is 1.47. The molecule has 1 atom stereocenters. The maximum absolute atomic E-state index is 11.9. The van der Waals surface area contributed by atoms with Crippen LogP contribution in [0.5, 0.6) is 0 Å². The Labute approximate surface area is 145 Å². The molecular formula is C18H20N4O3. The van der Waals surface area contributed by atoms with E-state index in [1.807, 2.05) is 36.5 Å². The molecule has 0 fully saturated rings. The van der Waals surface area contributed by atoms with Gasteiger partial charge in [0.25, 0.3) is 0 Å². The average molecular weight is 340 g/mol. The van der Waals surface area contributed by atoms with Crippen molar-refractivity contribution in [2.45, 2.75) is 19.1 Å². The summed E-state index contributed by atoms with van der Waals surface area (Å²) < 4.78 is 6.94. The van der Waals surface area contributed by atoms with E-state index in [0.717, 1.165) is 11.3 Å². The molecule has 2 amide bonds. The van der Waals surface area contributed by atoms with Gasteiger partial charge in [0.2, 0.25) is 0 Å². The Kier molecular flexibility index (Phi) is 4.85. The first-order valence-corrected chi connectivity index (χ1v) is 7.92. The van der Waals surface area contributed by atoms with E-state index in [1.165, 1.54) is 6.26 Å². The van der Waals surface area contributed by atoms with Crippen LogP contribution in [-0.2, 0) is 12.1 Å². The maximum atomic E-state index is 11.9. The first-order valence-electron chi connectivity index (χ1n) is 7.92. The second-order valence-electron chi connectivity index (χ2n) is 5.90. The van der Waals surface area contributed by atoms with Crippen LogP contribution in [0.3, 0.4) is 0 Å². The SMILES string of the molecule is CC(O)(CNC(=O)NCc1ccc(-n2cccn2)cc1)c1ccco1. The topological polar surface area (TPSA) is 92.3 Å². The van der Waals surface area contributed by atoms with E-state index in [0.29, 0.717) is 12.3 Å². The standard InChI is InChI=1S/C18H20N4O3/c1-18(24,16-4-2-11-25-16)13-20-17(23)19-12-14-5-7-15(8-6-14)22-10-3-9-21-22/h2-11,24H,12-13H2,1H3,(H2,19,20,23). The molecule has 25 heavy (non-hydrogen) atoms. The third-order valence-corrected chi connectivity index (χ3v) is 3.80. The molecule has 0 bridgehead atoms. The highest BCUT2D eigenvalue weighted by Gasteiger charge is 2.26. The lowest BCUT2D eigenvalue weighted by atomic mass is 10.0. The number of nitrogens with zero attached hydrogens (tertiary/aromatic N) is 2. The van der Waals surface area contributed by atoms with Crippen molar-refractivity contribution < 1.29 is 14.3 Å². The fourth-order valence-electron chi connectivity index (χ4n) is 2.36. The van der Waals surface area contributed by atoms with Crippen molar-refractivity contribution in [3.05, 3.63) is 72.4 Å². The quantitative estimate of drug-likeness (QED) is 0.641. The zero-order chi connectivity index (χ0) is 17.7. The van der Waals surface area contributed by atoms with Gasteiger partial charge in [0.15, 0.2) is 0 Å². The third-order valence-electron chi connectivity index (χ3n) is 3.80. The third kappa shape index (κ3) is 4.27. The molecular weight excluding hydrogens is 320 g/mol. The zero-order valence-electron chi connectivity index (χ0n) is 13.8. The lowest BCUT2D eigenvalue weighted by Gasteiger charge is -2.21. The summed E-state index contributed by atoms with van der Waals surface area (Å²) in [6.07, 6.45) is 5.07. The van der Waals surface area contributed by atoms with E-state index in [-0.39, 0.29) is 12.6 Å². The van der Waals surface area contributed by atoms with Crippen molar-refractivity contribution in [3.8, 4) is 5.69 Å². The molecule has 3 N–H and O–H groups in total. The highest BCUT2D eigenvalue weighted by molar-refractivity contribution is 5.73. The number of amides is 2. The molecule has 0 aliphatic rings. The number of nitrogens with one attached hydrogen (secondary N) is 2. The Morgan fingerprint density at radius 1 is 1.24 bits per heavy atom. The monoisotopic (exact) mass is 340 g/mol. The van der Waals surface area contributed by atoms with E-state index < -0.39 is 5.60 Å². The van der Waals surface area contributed by atoms with Crippen LogP contribution in [0.4, 0.5) is 4.79 Å². The molecule has 7 heteroatoms. The van der Waals surface area contributed by atoms with Gasteiger partial charge in [-0.2, -0.15) is 5.10 Å². The lowest BCUT2D eigenvalue weighted by molar-refractivity contribution is 0.0367. The van der Waals surface area contributed by atoms with Gasteiger partial charge in [-0.3, -0.25) is 0 Å². The molecule has 0 radical (unpaired) electrons. The number of carbonyl (C=O) groups excluding carboxylic acids is 1. The Morgan fingerprint density at radius 3 is 2.68 bits per heavy atom. The molecule has 1 aromatic carbocycles. The summed E-state index contributed by atoms with van der Waals surface area (Å²) in [4.78, 5) is 11.9. The predicted octanol–water partition coefficient (Wildman–Crippen LogP) is 2.17. The average Bonchev–Trinajstić information content (AvgIpc) is 3.32. The second-order valence-corrected chi connectivity index (χ2v) is 5.90. The number of urea groups is 1. The molecule has 7 nitrogen and oxygen atoms in total. The molecule has 0 saturated carbocycles. The van der Waals surface area contributed by atoms with Crippen LogP contribution in [0.1, 0.15) is 18.2 Å². The van der Waals surface area contributed by atoms with Gasteiger partial charge in [-0.25, -0.2) is 9.48 Å². The van der Waals surface area contributed by atoms with Crippen molar-refractivity contribution in [1.29, 1.82) is 0 Å². The van der Waals surface area contributed by atoms with Gasteiger partial charge in [-0.05, 0) is 42.8 Å². The minimum atomic E-state index is -1.26. The molecule has 0 saturated heterocycles. The van der Waals surface area contributed by atoms with Crippen LogP contribution in [0.15, 0.2) is 65.5 Å². The smallest absolute Gasteiger partial charge is 0.315 e. The van der Waals surface area contributed by atoms with E-state index >= 15 is 0 Å². The van der Waals surface area contributed by atoms with Crippen LogP contribution in [0.25, 0.3) is 5.69 Å². The van der Waals surface area contributed by atoms with Gasteiger partial charge in [0.1, 0.15) is 11.4 Å². The molecule has 2 aromatic heterocycles. The molecule has 2 heterocycles. The van der Waals surface area contributed by atoms with E-state index in [9.17, 15) is 9.90 Å². The summed E-state index contributed by atoms with van der Waals surface area (Å²) >= 11 is 0. The number of carbonyl (C=O) groups is 1. The molecule has 3 aromatic rings. The number of aromatic nitrogens is 2. The van der Waals surface area contributed by atoms with Gasteiger partial charge in [-0.1, -0.05) is 12.1 Å². The fraction of sp³-hybridized carbons (Fsp3) is 0.222. The predicted molar refractivity (Wildman–Crippen MR) is 92.1 cm³/mol. The summed E-state index contributed by atoms with van der Waals surface area (Å²) in [6.45, 7) is 2.01. The van der Waals surface area contributed by atoms with Gasteiger partial charge < -0.3 is 20.2 Å². The van der Waals surface area contributed by atoms with E-state index in [4.69, 9.17) is 4.42 Å². The largest absolute Gasteiger partial charge is 0.466 e. The Bertz CT molecular complexity index is 793. The summed E-state index contributed by atoms with van der Waals surface area (Å²) in [7, 11) is 0. The van der Waals surface area contributed by atoms with Crippen molar-refractivity contribution in [3.63, 3.8) is 0 Å². The molecule has 0 aliphatic carbocycles. The summed E-state index contributed by atoms with van der Waals surface area (Å²) in [6, 6.07) is 12.6. The number of aliphatic hydroxyl groups is 1. The Morgan fingerprint density at radius 2 is 2.04 bits per heavy atom. The highest BCUT2D eigenvalue weighted by Crippen LogP contribution is 2.19. The number of furan rings is 1. The Hall–Kier alpha value is -3.06. The van der Waals surface area contributed by atoms with Crippen molar-refractivity contribution in [1.82, 2.24) is 20.4 Å². The minimum absolute atomic E-state index is 0.0462. The lowest BCUT2D eigenvalue weighted by Crippen LogP contribution is -2.43. The number of hydrogen-bond donors (Lipinski definition) is 3. The van der Waals surface area contributed by atoms with Crippen LogP contribution in [-0.4, -0.2) is 27.5 Å². The zero-order valence-corrected chi connectivity index (χ0v) is 13.8. The fourth-order valence-corrected chi connectivity index (χ4v) is 2.36. The highest BCUT2D eigenvalue weighted by atomic mass is 16.4. The number of benzene rings is 1. The van der Waals surface area contributed by atoms with Crippen LogP contribution < -0.4 is 10.6 Å². The van der Waals surface area contributed by atoms with Crippen molar-refractivity contribution >= 4 is 6.03 Å². The first kappa shape index (κ1) is 16.8. The number of rotatable bonds is 6. The molecule has 130 valence electrons. The van der Waals surface area contributed by atoms with E-state index in [2.05, 4.69) is 15.7 Å². The summed E-state index contributed by atoms with van der Waals surface area (Å²) in [5, 5.41) is 19.8. The van der Waals surface area contributed by atoms with Crippen molar-refractivity contribution in [2.75, 3.05) is 6.54 Å². The van der Waals surface area contributed by atoms with E-state index in [1.54, 1.807) is 29.9 Å². The minimum Gasteiger partial charge on any atom is -0.466 e. The number of hydrogen-bond acceptors (Lipinski definition) is 4. The van der Waals surface area contributed by atoms with Gasteiger partial charge in [0.05, 0.1) is 18.5 Å². The van der Waals surface area contributed by atoms with Crippen LogP contribution >= 0.6 is 0 Å². The van der Waals surface area contributed by atoms with Gasteiger partial charge in [0, 0.05) is 18.9 Å². The molecule has 3 rings (SSSR count). The maximum Gasteiger partial charge on any atom is 0.315 e.